The molecule has 0 radical (unpaired) electrons. The van der Waals surface area contributed by atoms with Gasteiger partial charge in [0.1, 0.15) is 0 Å². The van der Waals surface area contributed by atoms with Crippen molar-refractivity contribution in [3.05, 3.63) is 40.3 Å². The Labute approximate surface area is 122 Å². The maximum Gasteiger partial charge on any atom is 0.275 e. The molecule has 6 heteroatoms. The Balaban J connectivity index is 1.99. The van der Waals surface area contributed by atoms with Gasteiger partial charge in [-0.3, -0.25) is 9.59 Å². The summed E-state index contributed by atoms with van der Waals surface area (Å²) in [6.07, 6.45) is 0. The molecule has 1 aliphatic rings. The van der Waals surface area contributed by atoms with Crippen LogP contribution in [0.2, 0.25) is 0 Å². The average Bonchev–Trinajstić information content (AvgIpc) is 2.50. The van der Waals surface area contributed by atoms with Crippen LogP contribution in [0.1, 0.15) is 17.4 Å². The third-order valence-electron chi connectivity index (χ3n) is 4.15. The molecule has 110 valence electrons. The predicted molar refractivity (Wildman–Crippen MR) is 80.4 cm³/mol. The minimum Gasteiger partial charge on any atom is -0.334 e. The first-order chi connectivity index (χ1) is 10.1. The molecule has 0 saturated carbocycles. The van der Waals surface area contributed by atoms with Crippen molar-refractivity contribution in [2.24, 2.45) is 0 Å². The second-order valence-electron chi connectivity index (χ2n) is 5.53. The highest BCUT2D eigenvalue weighted by Crippen LogP contribution is 2.16. The second-order valence-corrected chi connectivity index (χ2v) is 5.53. The van der Waals surface area contributed by atoms with Crippen molar-refractivity contribution in [1.82, 2.24) is 20.0 Å². The molecule has 1 aromatic heterocycles. The molecule has 0 bridgehead atoms. The monoisotopic (exact) mass is 286 g/mol. The topological polar surface area (TPSA) is 69.3 Å². The van der Waals surface area contributed by atoms with E-state index in [0.717, 1.165) is 6.54 Å². The van der Waals surface area contributed by atoms with Crippen molar-refractivity contribution in [1.29, 1.82) is 0 Å². The van der Waals surface area contributed by atoms with Crippen LogP contribution in [-0.2, 0) is 0 Å². The van der Waals surface area contributed by atoms with E-state index in [-0.39, 0.29) is 11.5 Å². The lowest BCUT2D eigenvalue weighted by Gasteiger charge is -2.37. The highest BCUT2D eigenvalue weighted by Gasteiger charge is 2.27. The largest absolute Gasteiger partial charge is 0.334 e. The molecule has 1 fully saturated rings. The second kappa shape index (κ2) is 5.29. The highest BCUT2D eigenvalue weighted by atomic mass is 16.2. The first kappa shape index (κ1) is 13.8. The summed E-state index contributed by atoms with van der Waals surface area (Å²) in [5, 5.41) is 7.51. The summed E-state index contributed by atoms with van der Waals surface area (Å²) in [6.45, 7) is 4.28. The van der Waals surface area contributed by atoms with Crippen LogP contribution in [-0.4, -0.2) is 58.6 Å². The molecule has 1 aliphatic heterocycles. The number of benzene rings is 1. The van der Waals surface area contributed by atoms with Crippen LogP contribution in [0.3, 0.4) is 0 Å². The zero-order valence-corrected chi connectivity index (χ0v) is 12.2. The molecule has 1 atom stereocenters. The number of amides is 1. The van der Waals surface area contributed by atoms with Gasteiger partial charge in [-0.05, 0) is 20.0 Å². The van der Waals surface area contributed by atoms with Gasteiger partial charge in [-0.15, -0.1) is 0 Å². The van der Waals surface area contributed by atoms with Gasteiger partial charge in [0.25, 0.3) is 11.5 Å². The minimum atomic E-state index is -0.270. The van der Waals surface area contributed by atoms with Gasteiger partial charge in [-0.25, -0.2) is 5.10 Å². The molecule has 3 rings (SSSR count). The van der Waals surface area contributed by atoms with Crippen LogP contribution in [0.4, 0.5) is 0 Å². The van der Waals surface area contributed by atoms with E-state index < -0.39 is 0 Å². The Kier molecular flexibility index (Phi) is 3.47. The smallest absolute Gasteiger partial charge is 0.275 e. The van der Waals surface area contributed by atoms with E-state index in [0.29, 0.717) is 35.6 Å². The normalized spacial score (nSPS) is 19.9. The lowest BCUT2D eigenvalue weighted by Crippen LogP contribution is -2.52. The summed E-state index contributed by atoms with van der Waals surface area (Å²) in [4.78, 5) is 28.5. The Morgan fingerprint density at radius 2 is 2.00 bits per heavy atom. The van der Waals surface area contributed by atoms with E-state index in [4.69, 9.17) is 0 Å². The summed E-state index contributed by atoms with van der Waals surface area (Å²) in [6, 6.07) is 7.39. The molecule has 1 unspecified atom stereocenters. The number of hydrogen-bond donors (Lipinski definition) is 1. The van der Waals surface area contributed by atoms with E-state index in [1.807, 2.05) is 6.07 Å². The van der Waals surface area contributed by atoms with Crippen molar-refractivity contribution in [3.8, 4) is 0 Å². The van der Waals surface area contributed by atoms with Gasteiger partial charge in [-0.1, -0.05) is 18.2 Å². The summed E-state index contributed by atoms with van der Waals surface area (Å²) < 4.78 is 0. The molecule has 6 nitrogen and oxygen atoms in total. The summed E-state index contributed by atoms with van der Waals surface area (Å²) in [7, 11) is 2.06. The Bertz CT molecular complexity index is 740. The van der Waals surface area contributed by atoms with E-state index in [2.05, 4.69) is 29.1 Å². The first-order valence-corrected chi connectivity index (χ1v) is 7.05. The maximum absolute atomic E-state index is 12.7. The molecular weight excluding hydrogens is 268 g/mol. The fourth-order valence-corrected chi connectivity index (χ4v) is 2.66. The Hall–Kier alpha value is -2.21. The number of likely N-dealkylation sites (N-methyl/N-ethyl adjacent to an activating group) is 1. The lowest BCUT2D eigenvalue weighted by atomic mass is 10.1. The first-order valence-electron chi connectivity index (χ1n) is 7.05. The van der Waals surface area contributed by atoms with Crippen LogP contribution in [0.25, 0.3) is 10.8 Å². The van der Waals surface area contributed by atoms with Crippen LogP contribution in [0.5, 0.6) is 0 Å². The van der Waals surface area contributed by atoms with Crippen molar-refractivity contribution >= 4 is 16.7 Å². The number of aromatic amines is 1. The zero-order chi connectivity index (χ0) is 15.0. The van der Waals surface area contributed by atoms with Crippen LogP contribution < -0.4 is 5.56 Å². The number of hydrogen-bond acceptors (Lipinski definition) is 4. The number of nitrogens with one attached hydrogen (secondary N) is 1. The van der Waals surface area contributed by atoms with Gasteiger partial charge in [0.2, 0.25) is 0 Å². The average molecular weight is 286 g/mol. The van der Waals surface area contributed by atoms with Gasteiger partial charge >= 0.3 is 0 Å². The van der Waals surface area contributed by atoms with E-state index >= 15 is 0 Å². The van der Waals surface area contributed by atoms with E-state index in [1.54, 1.807) is 23.1 Å². The number of fused-ring (bicyclic) bond motifs is 1. The molecule has 2 heterocycles. The number of nitrogens with zero attached hydrogens (tertiary/aromatic N) is 3. The van der Waals surface area contributed by atoms with E-state index in [9.17, 15) is 9.59 Å². The molecule has 1 aromatic carbocycles. The Morgan fingerprint density at radius 3 is 2.71 bits per heavy atom. The molecule has 1 N–H and O–H groups in total. The SMILES string of the molecule is CC1CN(C(=O)c2n[nH]c(=O)c3ccccc23)CCN1C. The fraction of sp³-hybridized carbons (Fsp3) is 0.400. The lowest BCUT2D eigenvalue weighted by molar-refractivity contribution is 0.0568. The molecule has 0 aliphatic carbocycles. The van der Waals surface area contributed by atoms with Crippen molar-refractivity contribution in [2.45, 2.75) is 13.0 Å². The van der Waals surface area contributed by atoms with Crippen LogP contribution in [0.15, 0.2) is 29.1 Å². The minimum absolute atomic E-state index is 0.123. The van der Waals surface area contributed by atoms with Crippen LogP contribution in [0, 0.1) is 0 Å². The van der Waals surface area contributed by atoms with Crippen molar-refractivity contribution in [2.75, 3.05) is 26.7 Å². The van der Waals surface area contributed by atoms with Gasteiger partial charge in [0.05, 0.1) is 5.39 Å². The maximum atomic E-state index is 12.7. The third kappa shape index (κ3) is 2.42. The highest BCUT2D eigenvalue weighted by molar-refractivity contribution is 6.04. The predicted octanol–water partition coefficient (Wildman–Crippen LogP) is 0.699. The quantitative estimate of drug-likeness (QED) is 0.838. The Morgan fingerprint density at radius 1 is 1.29 bits per heavy atom. The van der Waals surface area contributed by atoms with Gasteiger partial charge < -0.3 is 9.80 Å². The van der Waals surface area contributed by atoms with Gasteiger partial charge in [0.15, 0.2) is 5.69 Å². The molecule has 0 spiro atoms. The van der Waals surface area contributed by atoms with Crippen molar-refractivity contribution in [3.63, 3.8) is 0 Å². The summed E-state index contributed by atoms with van der Waals surface area (Å²) in [5.74, 6) is -0.123. The standard InChI is InChI=1S/C15H18N4O2/c1-10-9-19(8-7-18(10)2)15(21)13-11-5-3-4-6-12(11)14(20)17-16-13/h3-6,10H,7-9H2,1-2H3,(H,17,20). The number of aromatic nitrogens is 2. The number of piperazine rings is 1. The zero-order valence-electron chi connectivity index (χ0n) is 12.2. The molecular formula is C15H18N4O2. The van der Waals surface area contributed by atoms with Crippen LogP contribution >= 0.6 is 0 Å². The third-order valence-corrected chi connectivity index (χ3v) is 4.15. The number of carbonyl (C=O) groups excluding carboxylic acids is 1. The number of H-pyrrole nitrogens is 1. The molecule has 1 saturated heterocycles. The molecule has 1 amide bonds. The van der Waals surface area contributed by atoms with Gasteiger partial charge in [-0.2, -0.15) is 5.10 Å². The fourth-order valence-electron chi connectivity index (χ4n) is 2.66. The van der Waals surface area contributed by atoms with Gasteiger partial charge in [0, 0.05) is 31.1 Å². The molecule has 21 heavy (non-hydrogen) atoms. The number of carbonyl (C=O) groups is 1. The summed E-state index contributed by atoms with van der Waals surface area (Å²) in [5.41, 5.74) is 0.0517. The summed E-state index contributed by atoms with van der Waals surface area (Å²) >= 11 is 0. The van der Waals surface area contributed by atoms with Crippen molar-refractivity contribution < 1.29 is 4.79 Å². The molecule has 2 aromatic rings. The van der Waals surface area contributed by atoms with E-state index in [1.165, 1.54) is 0 Å². The number of rotatable bonds is 1.